The van der Waals surface area contributed by atoms with Crippen LogP contribution < -0.4 is 0 Å². The van der Waals surface area contributed by atoms with E-state index in [-0.39, 0.29) is 22.3 Å². The number of carbonyl (C=O) groups is 4. The number of rotatable bonds is 4. The summed E-state index contributed by atoms with van der Waals surface area (Å²) in [6, 6.07) is 5.45. The van der Waals surface area contributed by atoms with Gasteiger partial charge in [0, 0.05) is 22.3 Å². The van der Waals surface area contributed by atoms with E-state index in [1.165, 1.54) is 52.7 Å². The van der Waals surface area contributed by atoms with Crippen LogP contribution in [-0.2, 0) is 18.9 Å². The molecule has 36 heavy (non-hydrogen) atoms. The molecular formula is C28H16O8. The summed E-state index contributed by atoms with van der Waals surface area (Å²) >= 11 is 0. The highest BCUT2D eigenvalue weighted by Crippen LogP contribution is 2.20. The van der Waals surface area contributed by atoms with Gasteiger partial charge in [0.15, 0.2) is 0 Å². The van der Waals surface area contributed by atoms with Gasteiger partial charge in [-0.1, -0.05) is 23.7 Å². The molecule has 0 aromatic heterocycles. The molecule has 0 saturated heterocycles. The number of hydrogen-bond acceptors (Lipinski definition) is 8. The largest absolute Gasteiger partial charge is 0.465 e. The molecule has 0 saturated carbocycles. The highest BCUT2D eigenvalue weighted by Gasteiger charge is 2.22. The molecule has 3 rings (SSSR count). The number of hydrogen-bond donors (Lipinski definition) is 0. The molecule has 0 heterocycles. The second kappa shape index (κ2) is 11.1. The van der Waals surface area contributed by atoms with E-state index in [0.29, 0.717) is 22.3 Å². The Kier molecular flexibility index (Phi) is 7.78. The Bertz CT molecular complexity index is 1330. The van der Waals surface area contributed by atoms with Crippen molar-refractivity contribution in [3.63, 3.8) is 0 Å². The molecule has 0 amide bonds. The number of ether oxygens (including phenoxy) is 4. The SMILES string of the molecule is COC(=O)c1cc2c(cc1C(=O)OC)C#CC#Cc1cc(C(=O)OC)c(C(=O)OC)cc1C#CC#C2. The van der Waals surface area contributed by atoms with Gasteiger partial charge >= 0.3 is 23.9 Å². The molecule has 2 aromatic rings. The summed E-state index contributed by atoms with van der Waals surface area (Å²) in [4.78, 5) is 48.9. The Morgan fingerprint density at radius 3 is 0.806 bits per heavy atom. The first-order valence-corrected chi connectivity index (χ1v) is 10.1. The van der Waals surface area contributed by atoms with Gasteiger partial charge in [0.25, 0.3) is 0 Å². The summed E-state index contributed by atoms with van der Waals surface area (Å²) in [7, 11) is 4.73. The summed E-state index contributed by atoms with van der Waals surface area (Å²) in [5, 5.41) is 0. The molecule has 0 fully saturated rings. The van der Waals surface area contributed by atoms with E-state index >= 15 is 0 Å². The third kappa shape index (κ3) is 5.20. The predicted molar refractivity (Wildman–Crippen MR) is 126 cm³/mol. The minimum Gasteiger partial charge on any atom is -0.465 e. The van der Waals surface area contributed by atoms with E-state index in [1.54, 1.807) is 0 Å². The van der Waals surface area contributed by atoms with E-state index in [2.05, 4.69) is 47.4 Å². The summed E-state index contributed by atoms with van der Waals surface area (Å²) < 4.78 is 19.0. The van der Waals surface area contributed by atoms with Gasteiger partial charge in [-0.05, 0) is 47.9 Å². The van der Waals surface area contributed by atoms with Gasteiger partial charge in [-0.25, -0.2) is 19.2 Å². The summed E-state index contributed by atoms with van der Waals surface area (Å²) in [6.07, 6.45) is 0. The summed E-state index contributed by atoms with van der Waals surface area (Å²) in [6.45, 7) is 0. The average Bonchev–Trinajstić information content (AvgIpc) is 2.90. The van der Waals surface area contributed by atoms with Gasteiger partial charge in [0.1, 0.15) is 0 Å². The number of carbonyl (C=O) groups excluding carboxylic acids is 4. The molecule has 0 aliphatic heterocycles. The van der Waals surface area contributed by atoms with Crippen LogP contribution in [0.25, 0.3) is 0 Å². The zero-order valence-electron chi connectivity index (χ0n) is 19.6. The van der Waals surface area contributed by atoms with Gasteiger partial charge in [-0.15, -0.1) is 0 Å². The standard InChI is InChI=1S/C28H16O8/c1-33-25(29)21-13-17-9-5-6-11-19-15-23(27(31)35-3)24(28(32)36-4)16-20(19)12-8-7-10-18(17)14-22(21)26(30)34-2/h13-16H,1-4H3. The van der Waals surface area contributed by atoms with Crippen LogP contribution in [-0.4, -0.2) is 52.3 Å². The van der Waals surface area contributed by atoms with E-state index in [0.717, 1.165) is 0 Å². The van der Waals surface area contributed by atoms with Crippen LogP contribution >= 0.6 is 0 Å². The molecule has 176 valence electrons. The Labute approximate surface area is 206 Å². The molecule has 0 atom stereocenters. The molecule has 1 aliphatic rings. The van der Waals surface area contributed by atoms with Crippen molar-refractivity contribution in [1.29, 1.82) is 0 Å². The first kappa shape index (κ1) is 25.2. The minimum absolute atomic E-state index is 0.0475. The Morgan fingerprint density at radius 2 is 0.639 bits per heavy atom. The predicted octanol–water partition coefficient (Wildman–Crippen LogP) is 1.95. The van der Waals surface area contributed by atoms with Crippen LogP contribution in [0.5, 0.6) is 0 Å². The molecule has 0 N–H and O–H groups in total. The number of fused-ring (bicyclic) bond motifs is 2. The second-order valence-electron chi connectivity index (χ2n) is 6.85. The molecule has 0 bridgehead atoms. The van der Waals surface area contributed by atoms with Crippen LogP contribution in [0.4, 0.5) is 0 Å². The van der Waals surface area contributed by atoms with Gasteiger partial charge in [-0.3, -0.25) is 0 Å². The zero-order chi connectivity index (χ0) is 26.2. The fourth-order valence-electron chi connectivity index (χ4n) is 3.12. The van der Waals surface area contributed by atoms with Crippen LogP contribution in [0.2, 0.25) is 0 Å². The van der Waals surface area contributed by atoms with Crippen LogP contribution in [0, 0.1) is 47.4 Å². The number of esters is 4. The van der Waals surface area contributed by atoms with Crippen molar-refractivity contribution in [3.8, 4) is 47.4 Å². The van der Waals surface area contributed by atoms with Crippen molar-refractivity contribution >= 4 is 23.9 Å². The second-order valence-corrected chi connectivity index (χ2v) is 6.85. The lowest BCUT2D eigenvalue weighted by Gasteiger charge is -2.09. The van der Waals surface area contributed by atoms with Crippen LogP contribution in [0.3, 0.4) is 0 Å². The maximum Gasteiger partial charge on any atom is 0.338 e. The fraction of sp³-hybridized carbons (Fsp3) is 0.143. The summed E-state index contributed by atoms with van der Waals surface area (Å²) in [5.74, 6) is 18.8. The first-order valence-electron chi connectivity index (χ1n) is 10.1. The van der Waals surface area contributed by atoms with Gasteiger partial charge in [-0.2, -0.15) is 0 Å². The van der Waals surface area contributed by atoms with E-state index in [1.807, 2.05) is 0 Å². The van der Waals surface area contributed by atoms with Crippen molar-refractivity contribution in [2.45, 2.75) is 0 Å². The lowest BCUT2D eigenvalue weighted by Crippen LogP contribution is -2.13. The average molecular weight is 480 g/mol. The molecule has 2 aromatic carbocycles. The molecular weight excluding hydrogens is 464 g/mol. The third-order valence-electron chi connectivity index (χ3n) is 4.85. The van der Waals surface area contributed by atoms with Crippen molar-refractivity contribution in [2.24, 2.45) is 0 Å². The topological polar surface area (TPSA) is 105 Å². The Morgan fingerprint density at radius 1 is 0.444 bits per heavy atom. The zero-order valence-corrected chi connectivity index (χ0v) is 19.6. The number of benzene rings is 2. The Balaban J connectivity index is 2.25. The molecule has 0 radical (unpaired) electrons. The summed E-state index contributed by atoms with van der Waals surface area (Å²) in [5.41, 5.74) is 1.05. The lowest BCUT2D eigenvalue weighted by molar-refractivity contribution is 0.0555. The van der Waals surface area contributed by atoms with Gasteiger partial charge < -0.3 is 18.9 Å². The van der Waals surface area contributed by atoms with Crippen molar-refractivity contribution in [1.82, 2.24) is 0 Å². The minimum atomic E-state index is -0.754. The molecule has 1 aliphatic carbocycles. The normalized spacial score (nSPS) is 10.1. The molecule has 0 spiro atoms. The maximum absolute atomic E-state index is 12.2. The highest BCUT2D eigenvalue weighted by atomic mass is 16.5. The Hall–Kier alpha value is -5.44. The van der Waals surface area contributed by atoms with Crippen LogP contribution in [0.15, 0.2) is 24.3 Å². The highest BCUT2D eigenvalue weighted by molar-refractivity contribution is 6.04. The first-order chi connectivity index (χ1) is 17.3. The van der Waals surface area contributed by atoms with Gasteiger partial charge in [0.05, 0.1) is 50.7 Å². The van der Waals surface area contributed by atoms with Crippen molar-refractivity contribution in [3.05, 3.63) is 68.8 Å². The van der Waals surface area contributed by atoms with Crippen LogP contribution in [0.1, 0.15) is 63.7 Å². The lowest BCUT2D eigenvalue weighted by atomic mass is 9.97. The molecule has 8 nitrogen and oxygen atoms in total. The third-order valence-corrected chi connectivity index (χ3v) is 4.85. The van der Waals surface area contributed by atoms with E-state index in [4.69, 9.17) is 18.9 Å². The van der Waals surface area contributed by atoms with Gasteiger partial charge in [0.2, 0.25) is 0 Å². The van der Waals surface area contributed by atoms with Crippen molar-refractivity contribution in [2.75, 3.05) is 28.4 Å². The van der Waals surface area contributed by atoms with E-state index < -0.39 is 23.9 Å². The smallest absolute Gasteiger partial charge is 0.338 e. The van der Waals surface area contributed by atoms with E-state index in [9.17, 15) is 19.2 Å². The number of methoxy groups -OCH3 is 4. The molecule has 0 unspecified atom stereocenters. The maximum atomic E-state index is 12.2. The fourth-order valence-corrected chi connectivity index (χ4v) is 3.12. The quantitative estimate of drug-likeness (QED) is 0.372. The molecule has 8 heteroatoms. The van der Waals surface area contributed by atoms with Crippen molar-refractivity contribution < 1.29 is 38.1 Å². The monoisotopic (exact) mass is 480 g/mol.